The van der Waals surface area contributed by atoms with Crippen LogP contribution in [0.1, 0.15) is 5.56 Å². The van der Waals surface area contributed by atoms with Crippen molar-refractivity contribution in [3.05, 3.63) is 60.0 Å². The lowest BCUT2D eigenvalue weighted by Crippen LogP contribution is -2.26. The molecule has 8 N–H and O–H groups in total. The van der Waals surface area contributed by atoms with Crippen molar-refractivity contribution in [1.82, 2.24) is 0 Å². The Balaban J connectivity index is 2.20. The lowest BCUT2D eigenvalue weighted by molar-refractivity contribution is 0.488. The molecule has 0 aliphatic carbocycles. The van der Waals surface area contributed by atoms with Crippen LogP contribution in [0.15, 0.2) is 48.7 Å². The summed E-state index contributed by atoms with van der Waals surface area (Å²) in [4.78, 5) is 0. The van der Waals surface area contributed by atoms with E-state index in [2.05, 4.69) is 4.18 Å². The summed E-state index contributed by atoms with van der Waals surface area (Å²) in [6.07, 6.45) is 1.36. The molecular formula is C14H16FN5O3S. The SMILES string of the molecule is N/C(=C\N(N)c1cc(N)cc(F)c1)c1ccc(OS(N)(=O)=O)cc1. The summed E-state index contributed by atoms with van der Waals surface area (Å²) < 4.78 is 39.5. The number of hydrazine groups is 1. The van der Waals surface area contributed by atoms with Gasteiger partial charge in [0, 0.05) is 11.9 Å². The summed E-state index contributed by atoms with van der Waals surface area (Å²) in [6.45, 7) is 0. The van der Waals surface area contributed by atoms with Gasteiger partial charge in [-0.05, 0) is 48.0 Å². The maximum Gasteiger partial charge on any atom is 0.380 e. The van der Waals surface area contributed by atoms with E-state index in [1.54, 1.807) is 0 Å². The molecule has 0 aliphatic rings. The monoisotopic (exact) mass is 353 g/mol. The Morgan fingerprint density at radius 2 is 1.79 bits per heavy atom. The number of hydrogen-bond acceptors (Lipinski definition) is 7. The van der Waals surface area contributed by atoms with Crippen molar-refractivity contribution in [2.24, 2.45) is 16.7 Å². The molecule has 0 atom stereocenters. The molecule has 128 valence electrons. The number of nitrogens with zero attached hydrogens (tertiary/aromatic N) is 1. The fraction of sp³-hybridized carbons (Fsp3) is 0. The highest BCUT2D eigenvalue weighted by Gasteiger charge is 2.07. The van der Waals surface area contributed by atoms with E-state index >= 15 is 0 Å². The quantitative estimate of drug-likeness (QED) is 0.349. The number of benzene rings is 2. The Morgan fingerprint density at radius 1 is 1.17 bits per heavy atom. The average Bonchev–Trinajstić information content (AvgIpc) is 2.45. The molecule has 2 aromatic rings. The maximum atomic E-state index is 13.3. The van der Waals surface area contributed by atoms with Crippen molar-refractivity contribution in [1.29, 1.82) is 0 Å². The van der Waals surface area contributed by atoms with Gasteiger partial charge >= 0.3 is 10.3 Å². The van der Waals surface area contributed by atoms with Crippen LogP contribution in [0.25, 0.3) is 5.70 Å². The van der Waals surface area contributed by atoms with Crippen LogP contribution in [0.2, 0.25) is 0 Å². The van der Waals surface area contributed by atoms with Gasteiger partial charge in [-0.25, -0.2) is 10.2 Å². The van der Waals surface area contributed by atoms with Crippen molar-refractivity contribution < 1.29 is 17.0 Å². The van der Waals surface area contributed by atoms with E-state index in [0.717, 1.165) is 11.1 Å². The van der Waals surface area contributed by atoms with Crippen LogP contribution in [0, 0.1) is 5.82 Å². The summed E-state index contributed by atoms with van der Waals surface area (Å²) in [7, 11) is -4.09. The first-order chi connectivity index (χ1) is 11.1. The molecule has 0 aliphatic heterocycles. The topological polar surface area (TPSA) is 151 Å². The van der Waals surface area contributed by atoms with E-state index in [1.807, 2.05) is 0 Å². The van der Waals surface area contributed by atoms with Gasteiger partial charge in [-0.3, -0.25) is 5.01 Å². The minimum Gasteiger partial charge on any atom is -0.399 e. The molecule has 24 heavy (non-hydrogen) atoms. The van der Waals surface area contributed by atoms with Gasteiger partial charge in [0.1, 0.15) is 11.6 Å². The highest BCUT2D eigenvalue weighted by atomic mass is 32.2. The van der Waals surface area contributed by atoms with Crippen molar-refractivity contribution >= 4 is 27.4 Å². The molecular weight excluding hydrogens is 337 g/mol. The molecule has 2 aromatic carbocycles. The number of anilines is 2. The molecule has 8 nitrogen and oxygen atoms in total. The van der Waals surface area contributed by atoms with Gasteiger partial charge in [0.15, 0.2) is 0 Å². The van der Waals surface area contributed by atoms with Gasteiger partial charge in [-0.2, -0.15) is 13.6 Å². The van der Waals surface area contributed by atoms with E-state index in [4.69, 9.17) is 22.4 Å². The third-order valence-electron chi connectivity index (χ3n) is 2.88. The summed E-state index contributed by atoms with van der Waals surface area (Å²) in [5.74, 6) is 5.33. The molecule has 0 heterocycles. The second-order valence-electron chi connectivity index (χ2n) is 4.83. The lowest BCUT2D eigenvalue weighted by atomic mass is 10.1. The van der Waals surface area contributed by atoms with E-state index < -0.39 is 16.1 Å². The lowest BCUT2D eigenvalue weighted by Gasteiger charge is -2.16. The maximum absolute atomic E-state index is 13.3. The third-order valence-corrected chi connectivity index (χ3v) is 3.31. The minimum absolute atomic E-state index is 0.0385. The molecule has 2 rings (SSSR count). The zero-order valence-corrected chi connectivity index (χ0v) is 13.2. The van der Waals surface area contributed by atoms with Crippen LogP contribution < -0.4 is 31.6 Å². The van der Waals surface area contributed by atoms with Crippen LogP contribution >= 0.6 is 0 Å². The first kappa shape index (κ1) is 17.5. The molecule has 0 amide bonds. The van der Waals surface area contributed by atoms with Gasteiger partial charge < -0.3 is 15.7 Å². The van der Waals surface area contributed by atoms with Gasteiger partial charge in [-0.1, -0.05) is 0 Å². The van der Waals surface area contributed by atoms with Gasteiger partial charge in [0.05, 0.1) is 11.4 Å². The number of nitrogens with two attached hydrogens (primary N) is 4. The predicted molar refractivity (Wildman–Crippen MR) is 89.8 cm³/mol. The fourth-order valence-corrected chi connectivity index (χ4v) is 2.26. The van der Waals surface area contributed by atoms with Crippen LogP contribution in [0.4, 0.5) is 15.8 Å². The molecule has 0 spiro atoms. The number of hydrogen-bond donors (Lipinski definition) is 4. The highest BCUT2D eigenvalue weighted by molar-refractivity contribution is 7.84. The summed E-state index contributed by atoms with van der Waals surface area (Å²) in [5, 5.41) is 5.88. The fourth-order valence-electron chi connectivity index (χ4n) is 1.88. The highest BCUT2D eigenvalue weighted by Crippen LogP contribution is 2.21. The molecule has 10 heteroatoms. The van der Waals surface area contributed by atoms with E-state index in [0.29, 0.717) is 11.3 Å². The molecule has 0 saturated carbocycles. The predicted octanol–water partition coefficient (Wildman–Crippen LogP) is 0.628. The van der Waals surface area contributed by atoms with Crippen LogP contribution in [-0.4, -0.2) is 8.42 Å². The van der Waals surface area contributed by atoms with Crippen LogP contribution in [0.3, 0.4) is 0 Å². The summed E-state index contributed by atoms with van der Waals surface area (Å²) in [6, 6.07) is 9.62. The smallest absolute Gasteiger partial charge is 0.380 e. The van der Waals surface area contributed by atoms with Crippen molar-refractivity contribution in [3.8, 4) is 5.75 Å². The molecule has 0 unspecified atom stereocenters. The van der Waals surface area contributed by atoms with Gasteiger partial charge in [0.2, 0.25) is 0 Å². The zero-order valence-electron chi connectivity index (χ0n) is 12.4. The Morgan fingerprint density at radius 3 is 2.33 bits per heavy atom. The summed E-state index contributed by atoms with van der Waals surface area (Å²) in [5.41, 5.74) is 12.8. The minimum atomic E-state index is -4.09. The third kappa shape index (κ3) is 4.84. The molecule has 0 bridgehead atoms. The second-order valence-corrected chi connectivity index (χ2v) is 5.99. The second kappa shape index (κ2) is 6.74. The summed E-state index contributed by atoms with van der Waals surface area (Å²) >= 11 is 0. The molecule has 0 fully saturated rings. The Kier molecular flexibility index (Phi) is 4.93. The normalized spacial score (nSPS) is 12.0. The van der Waals surface area contributed by atoms with Crippen molar-refractivity contribution in [2.75, 3.05) is 10.7 Å². The van der Waals surface area contributed by atoms with Crippen molar-refractivity contribution in [3.63, 3.8) is 0 Å². The molecule has 0 radical (unpaired) electrons. The van der Waals surface area contributed by atoms with E-state index in [-0.39, 0.29) is 17.1 Å². The Bertz CT molecular complexity index is 848. The largest absolute Gasteiger partial charge is 0.399 e. The number of rotatable bonds is 5. The molecule has 0 aromatic heterocycles. The molecule has 0 saturated heterocycles. The first-order valence-electron chi connectivity index (χ1n) is 6.54. The Labute approximate surface area is 138 Å². The Hall–Kier alpha value is -2.82. The first-order valence-corrected chi connectivity index (χ1v) is 8.01. The van der Waals surface area contributed by atoms with Crippen molar-refractivity contribution in [2.45, 2.75) is 0 Å². The van der Waals surface area contributed by atoms with Gasteiger partial charge in [-0.15, -0.1) is 0 Å². The van der Waals surface area contributed by atoms with Gasteiger partial charge in [0.25, 0.3) is 0 Å². The van der Waals surface area contributed by atoms with Crippen LogP contribution in [0.5, 0.6) is 5.75 Å². The van der Waals surface area contributed by atoms with E-state index in [1.165, 1.54) is 42.6 Å². The van der Waals surface area contributed by atoms with Crippen LogP contribution in [-0.2, 0) is 10.3 Å². The standard InChI is InChI=1S/C14H16FN5O3S/c15-10-5-11(16)7-12(6-10)20(18)8-14(17)9-1-3-13(4-2-9)23-24(19,21)22/h1-8H,16-18H2,(H2,19,21,22)/b14-8-. The zero-order chi connectivity index (χ0) is 17.9. The average molecular weight is 353 g/mol. The number of halogens is 1. The number of nitrogen functional groups attached to an aromatic ring is 1. The van der Waals surface area contributed by atoms with E-state index in [9.17, 15) is 12.8 Å².